The highest BCUT2D eigenvalue weighted by atomic mass is 19.1. The Kier molecular flexibility index (Phi) is 5.35. The number of benzene rings is 2. The first-order valence-corrected chi connectivity index (χ1v) is 9.36. The van der Waals surface area contributed by atoms with Crippen molar-refractivity contribution in [2.45, 2.75) is 13.5 Å². The van der Waals surface area contributed by atoms with E-state index < -0.39 is 17.4 Å². The predicted octanol–water partition coefficient (Wildman–Crippen LogP) is 2.73. The molecule has 0 radical (unpaired) electrons. The summed E-state index contributed by atoms with van der Waals surface area (Å²) in [6.45, 7) is 1.64. The van der Waals surface area contributed by atoms with Crippen molar-refractivity contribution in [1.29, 1.82) is 0 Å². The van der Waals surface area contributed by atoms with Crippen molar-refractivity contribution in [1.82, 2.24) is 19.2 Å². The number of nitrogens with one attached hydrogen (secondary N) is 2. The summed E-state index contributed by atoms with van der Waals surface area (Å²) in [7, 11) is 1.35. The van der Waals surface area contributed by atoms with Crippen LogP contribution in [0.1, 0.15) is 5.56 Å². The maximum Gasteiger partial charge on any atom is 0.352 e. The van der Waals surface area contributed by atoms with E-state index in [0.717, 1.165) is 22.0 Å². The molecule has 1 amide bonds. The Morgan fingerprint density at radius 1 is 1.13 bits per heavy atom. The first kappa shape index (κ1) is 20.1. The minimum absolute atomic E-state index is 0.0655. The number of nitrogens with zero attached hydrogens (tertiary/aromatic N) is 4. The number of amides is 1. The Morgan fingerprint density at radius 3 is 2.58 bits per heavy atom. The van der Waals surface area contributed by atoms with Crippen LogP contribution in [0.4, 0.5) is 21.6 Å². The van der Waals surface area contributed by atoms with Crippen molar-refractivity contribution < 1.29 is 13.9 Å². The van der Waals surface area contributed by atoms with Crippen molar-refractivity contribution in [2.24, 2.45) is 0 Å². The van der Waals surface area contributed by atoms with Gasteiger partial charge in [-0.3, -0.25) is 4.79 Å². The zero-order valence-electron chi connectivity index (χ0n) is 16.8. The first-order valence-electron chi connectivity index (χ1n) is 9.36. The van der Waals surface area contributed by atoms with Crippen molar-refractivity contribution in [3.63, 3.8) is 0 Å². The van der Waals surface area contributed by atoms with E-state index >= 15 is 0 Å². The molecular formula is C21H19FN6O3. The molecule has 0 saturated heterocycles. The van der Waals surface area contributed by atoms with Gasteiger partial charge >= 0.3 is 5.69 Å². The van der Waals surface area contributed by atoms with Gasteiger partial charge in [-0.1, -0.05) is 17.7 Å². The second kappa shape index (κ2) is 8.27. The molecule has 0 bridgehead atoms. The first-order chi connectivity index (χ1) is 14.9. The van der Waals surface area contributed by atoms with Gasteiger partial charge in [0.1, 0.15) is 12.4 Å². The fourth-order valence-electron chi connectivity index (χ4n) is 2.94. The molecule has 158 valence electrons. The van der Waals surface area contributed by atoms with Gasteiger partial charge in [-0.2, -0.15) is 4.98 Å². The van der Waals surface area contributed by atoms with Crippen molar-refractivity contribution >= 4 is 28.9 Å². The third-order valence-electron chi connectivity index (χ3n) is 4.51. The molecule has 2 heterocycles. The largest absolute Gasteiger partial charge is 0.494 e. The van der Waals surface area contributed by atoms with E-state index in [1.54, 1.807) is 6.07 Å². The normalized spacial score (nSPS) is 10.8. The minimum atomic E-state index is -0.608. The number of hydrogen-bond donors (Lipinski definition) is 2. The van der Waals surface area contributed by atoms with Crippen LogP contribution < -0.4 is 21.1 Å². The number of anilines is 3. The maximum absolute atomic E-state index is 13.8. The number of methoxy groups -OCH3 is 1. The summed E-state index contributed by atoms with van der Waals surface area (Å²) in [5, 5.41) is 9.78. The van der Waals surface area contributed by atoms with E-state index in [1.807, 2.05) is 31.2 Å². The lowest BCUT2D eigenvalue weighted by Crippen LogP contribution is -2.28. The fraction of sp³-hybridized carbons (Fsp3) is 0.143. The Hall–Kier alpha value is -4.21. The third kappa shape index (κ3) is 4.37. The molecule has 0 atom stereocenters. The highest BCUT2D eigenvalue weighted by Crippen LogP contribution is 2.20. The van der Waals surface area contributed by atoms with Gasteiger partial charge in [0, 0.05) is 23.6 Å². The standard InChI is InChI=1S/C21H19FN6O3/c1-13-3-5-14(6-4-13)23-18-9-10-27-20(25-18)26-28(21(27)30)12-19(29)24-15-7-8-17(31-2)16(22)11-15/h3-11H,12H2,1-2H3,(H,24,29)(H,23,25,26). The van der Waals surface area contributed by atoms with Gasteiger partial charge in [0.25, 0.3) is 5.78 Å². The second-order valence-corrected chi connectivity index (χ2v) is 6.81. The molecule has 4 rings (SSSR count). The summed E-state index contributed by atoms with van der Waals surface area (Å²) in [6, 6.07) is 13.4. The van der Waals surface area contributed by atoms with Gasteiger partial charge in [0.15, 0.2) is 11.6 Å². The SMILES string of the molecule is COc1ccc(NC(=O)Cn2nc3nc(Nc4ccc(C)cc4)ccn3c2=O)cc1F. The molecule has 10 heteroatoms. The van der Waals surface area contributed by atoms with Crippen LogP contribution >= 0.6 is 0 Å². The Labute approximate surface area is 176 Å². The van der Waals surface area contributed by atoms with E-state index in [2.05, 4.69) is 20.7 Å². The Balaban J connectivity index is 1.50. The third-order valence-corrected chi connectivity index (χ3v) is 4.51. The lowest BCUT2D eigenvalue weighted by molar-refractivity contribution is -0.117. The Morgan fingerprint density at radius 2 is 1.87 bits per heavy atom. The van der Waals surface area contributed by atoms with Crippen LogP contribution in [0.5, 0.6) is 5.75 Å². The summed E-state index contributed by atoms with van der Waals surface area (Å²) >= 11 is 0. The van der Waals surface area contributed by atoms with Crippen molar-refractivity contribution in [2.75, 3.05) is 17.7 Å². The van der Waals surface area contributed by atoms with Crippen LogP contribution in [0.25, 0.3) is 5.78 Å². The highest BCUT2D eigenvalue weighted by molar-refractivity contribution is 5.90. The number of hydrogen-bond acceptors (Lipinski definition) is 6. The molecule has 0 unspecified atom stereocenters. The van der Waals surface area contributed by atoms with E-state index in [-0.39, 0.29) is 23.8 Å². The molecule has 31 heavy (non-hydrogen) atoms. The van der Waals surface area contributed by atoms with Gasteiger partial charge in [-0.05, 0) is 37.3 Å². The molecule has 4 aromatic rings. The van der Waals surface area contributed by atoms with E-state index in [4.69, 9.17) is 4.74 Å². The zero-order valence-corrected chi connectivity index (χ0v) is 16.8. The van der Waals surface area contributed by atoms with Crippen LogP contribution in [-0.2, 0) is 11.3 Å². The van der Waals surface area contributed by atoms with Gasteiger partial charge in [0.2, 0.25) is 5.91 Å². The lowest BCUT2D eigenvalue weighted by Gasteiger charge is -2.07. The second-order valence-electron chi connectivity index (χ2n) is 6.81. The summed E-state index contributed by atoms with van der Waals surface area (Å²) in [6.07, 6.45) is 1.53. The fourth-order valence-corrected chi connectivity index (χ4v) is 2.94. The van der Waals surface area contributed by atoms with Gasteiger partial charge in [-0.25, -0.2) is 18.3 Å². The molecule has 0 saturated carbocycles. The van der Waals surface area contributed by atoms with E-state index in [9.17, 15) is 14.0 Å². The van der Waals surface area contributed by atoms with Gasteiger partial charge in [0.05, 0.1) is 7.11 Å². The van der Waals surface area contributed by atoms with Crippen LogP contribution in [0.3, 0.4) is 0 Å². The number of ether oxygens (including phenoxy) is 1. The van der Waals surface area contributed by atoms with Crippen LogP contribution in [0.15, 0.2) is 59.5 Å². The summed E-state index contributed by atoms with van der Waals surface area (Å²) in [4.78, 5) is 29.1. The molecule has 0 aliphatic heterocycles. The van der Waals surface area contributed by atoms with Crippen molar-refractivity contribution in [3.05, 3.63) is 76.6 Å². The number of carbonyl (C=O) groups excluding carboxylic acids is 1. The summed E-state index contributed by atoms with van der Waals surface area (Å²) < 4.78 is 20.9. The van der Waals surface area contributed by atoms with Crippen LogP contribution in [-0.4, -0.2) is 32.2 Å². The number of aryl methyl sites for hydroxylation is 1. The maximum atomic E-state index is 13.8. The lowest BCUT2D eigenvalue weighted by atomic mass is 10.2. The quantitative estimate of drug-likeness (QED) is 0.495. The smallest absolute Gasteiger partial charge is 0.352 e. The summed E-state index contributed by atoms with van der Waals surface area (Å²) in [5.74, 6) is -0.427. The molecule has 0 aliphatic rings. The predicted molar refractivity (Wildman–Crippen MR) is 113 cm³/mol. The number of carbonyl (C=O) groups is 1. The Bertz CT molecular complexity index is 1310. The van der Waals surface area contributed by atoms with E-state index in [1.165, 1.54) is 29.8 Å². The molecule has 0 aliphatic carbocycles. The number of rotatable bonds is 6. The zero-order chi connectivity index (χ0) is 22.0. The number of fused-ring (bicyclic) bond motifs is 1. The molecule has 0 spiro atoms. The average molecular weight is 422 g/mol. The van der Waals surface area contributed by atoms with E-state index in [0.29, 0.717) is 5.82 Å². The molecule has 9 nitrogen and oxygen atoms in total. The minimum Gasteiger partial charge on any atom is -0.494 e. The van der Waals surface area contributed by atoms with Gasteiger partial charge in [-0.15, -0.1) is 5.10 Å². The number of aromatic nitrogens is 4. The van der Waals surface area contributed by atoms with Crippen LogP contribution in [0.2, 0.25) is 0 Å². The molecule has 2 aromatic heterocycles. The number of halogens is 1. The monoisotopic (exact) mass is 422 g/mol. The highest BCUT2D eigenvalue weighted by Gasteiger charge is 2.13. The molecule has 2 N–H and O–H groups in total. The van der Waals surface area contributed by atoms with Gasteiger partial charge < -0.3 is 15.4 Å². The average Bonchev–Trinajstić information content (AvgIpc) is 3.04. The summed E-state index contributed by atoms with van der Waals surface area (Å²) in [5.41, 5.74) is 1.70. The molecular weight excluding hydrogens is 403 g/mol. The molecule has 2 aromatic carbocycles. The van der Waals surface area contributed by atoms with Crippen molar-refractivity contribution in [3.8, 4) is 5.75 Å². The topological polar surface area (TPSA) is 103 Å². The van der Waals surface area contributed by atoms with Crippen LogP contribution in [0, 0.1) is 12.7 Å². The molecule has 0 fully saturated rings.